The fourth-order valence-electron chi connectivity index (χ4n) is 2.23. The Morgan fingerprint density at radius 1 is 1.30 bits per heavy atom. The standard InChI is InChI=1S/C16H18N2O4S/c1-2-3-6-18-13-9-12(16(19)20)10-14(23(21)22)15(13)11-4-7-17-8-5-11/h4-5,7-10,18H,2-3,6H2,1H3,(H,19,20)(H,21,22). The topological polar surface area (TPSA) is 99.5 Å². The number of benzene rings is 1. The summed E-state index contributed by atoms with van der Waals surface area (Å²) in [6, 6.07) is 6.16. The first-order chi connectivity index (χ1) is 11.0. The summed E-state index contributed by atoms with van der Waals surface area (Å²) >= 11 is -2.31. The summed E-state index contributed by atoms with van der Waals surface area (Å²) < 4.78 is 21.3. The number of hydrogen-bond donors (Lipinski definition) is 3. The van der Waals surface area contributed by atoms with E-state index in [2.05, 4.69) is 10.3 Å². The third-order valence-corrected chi connectivity index (χ3v) is 4.05. The van der Waals surface area contributed by atoms with Gasteiger partial charge in [0.2, 0.25) is 0 Å². The number of nitrogens with zero attached hydrogens (tertiary/aromatic N) is 1. The first kappa shape index (κ1) is 17.1. The molecule has 0 spiro atoms. The maximum atomic E-state index is 11.7. The second kappa shape index (κ2) is 7.85. The predicted molar refractivity (Wildman–Crippen MR) is 89.1 cm³/mol. The number of rotatable bonds is 7. The molecule has 122 valence electrons. The second-order valence-electron chi connectivity index (χ2n) is 4.97. The molecule has 0 saturated carbocycles. The van der Waals surface area contributed by atoms with Crippen LogP contribution in [0, 0.1) is 0 Å². The molecule has 7 heteroatoms. The minimum atomic E-state index is -2.31. The Labute approximate surface area is 136 Å². The molecule has 0 fully saturated rings. The normalized spacial score (nSPS) is 11.9. The van der Waals surface area contributed by atoms with E-state index in [1.807, 2.05) is 6.92 Å². The molecule has 0 radical (unpaired) electrons. The molecule has 3 N–H and O–H groups in total. The molecule has 1 aromatic carbocycles. The van der Waals surface area contributed by atoms with Crippen molar-refractivity contribution in [1.29, 1.82) is 0 Å². The van der Waals surface area contributed by atoms with Crippen LogP contribution in [0.2, 0.25) is 0 Å². The van der Waals surface area contributed by atoms with E-state index in [0.717, 1.165) is 12.8 Å². The molecule has 23 heavy (non-hydrogen) atoms. The lowest BCUT2D eigenvalue weighted by molar-refractivity contribution is 0.0696. The average Bonchev–Trinajstić information content (AvgIpc) is 2.55. The van der Waals surface area contributed by atoms with Crippen molar-refractivity contribution in [2.75, 3.05) is 11.9 Å². The van der Waals surface area contributed by atoms with Crippen LogP contribution < -0.4 is 5.32 Å². The quantitative estimate of drug-likeness (QED) is 0.531. The van der Waals surface area contributed by atoms with Crippen molar-refractivity contribution in [2.24, 2.45) is 0 Å². The molecule has 1 unspecified atom stereocenters. The largest absolute Gasteiger partial charge is 0.478 e. The highest BCUT2D eigenvalue weighted by Crippen LogP contribution is 2.34. The van der Waals surface area contributed by atoms with Gasteiger partial charge in [0.25, 0.3) is 0 Å². The molecule has 2 rings (SSSR count). The first-order valence-electron chi connectivity index (χ1n) is 7.21. The minimum Gasteiger partial charge on any atom is -0.478 e. The lowest BCUT2D eigenvalue weighted by Crippen LogP contribution is -2.08. The Bertz CT molecular complexity index is 720. The van der Waals surface area contributed by atoms with Crippen molar-refractivity contribution in [3.05, 3.63) is 42.2 Å². The number of hydrogen-bond acceptors (Lipinski definition) is 4. The predicted octanol–water partition coefficient (Wildman–Crippen LogP) is 3.24. The molecule has 2 aromatic rings. The Hall–Kier alpha value is -2.25. The third kappa shape index (κ3) is 4.14. The van der Waals surface area contributed by atoms with Crippen LogP contribution in [0.4, 0.5) is 5.69 Å². The van der Waals surface area contributed by atoms with Gasteiger partial charge in [-0.1, -0.05) is 13.3 Å². The van der Waals surface area contributed by atoms with Crippen LogP contribution in [0.25, 0.3) is 11.1 Å². The zero-order valence-corrected chi connectivity index (χ0v) is 13.5. The van der Waals surface area contributed by atoms with Crippen molar-refractivity contribution >= 4 is 22.7 Å². The fraction of sp³-hybridized carbons (Fsp3) is 0.250. The molecule has 0 bridgehead atoms. The lowest BCUT2D eigenvalue weighted by atomic mass is 10.0. The maximum Gasteiger partial charge on any atom is 0.335 e. The van der Waals surface area contributed by atoms with Crippen molar-refractivity contribution in [3.8, 4) is 11.1 Å². The molecule has 1 aromatic heterocycles. The molecular formula is C16H18N2O4S. The summed E-state index contributed by atoms with van der Waals surface area (Å²) in [7, 11) is 0. The number of carboxylic acids is 1. The number of aromatic carboxylic acids is 1. The Kier molecular flexibility index (Phi) is 5.84. The van der Waals surface area contributed by atoms with E-state index >= 15 is 0 Å². The van der Waals surface area contributed by atoms with Crippen LogP contribution in [0.15, 0.2) is 41.6 Å². The zero-order chi connectivity index (χ0) is 16.8. The van der Waals surface area contributed by atoms with E-state index < -0.39 is 17.0 Å². The summed E-state index contributed by atoms with van der Waals surface area (Å²) in [5.74, 6) is -1.14. The van der Waals surface area contributed by atoms with Crippen molar-refractivity contribution < 1.29 is 18.7 Å². The molecule has 0 aliphatic carbocycles. The number of aromatic nitrogens is 1. The number of nitrogens with one attached hydrogen (secondary N) is 1. The van der Waals surface area contributed by atoms with Crippen molar-refractivity contribution in [1.82, 2.24) is 4.98 Å². The summed E-state index contributed by atoms with van der Waals surface area (Å²) in [5, 5.41) is 12.4. The van der Waals surface area contributed by atoms with E-state index in [4.69, 9.17) is 0 Å². The second-order valence-corrected chi connectivity index (χ2v) is 5.91. The van der Waals surface area contributed by atoms with Gasteiger partial charge in [-0.15, -0.1) is 0 Å². The fourth-order valence-corrected chi connectivity index (χ4v) is 2.86. The van der Waals surface area contributed by atoms with Gasteiger partial charge in [-0.25, -0.2) is 9.00 Å². The van der Waals surface area contributed by atoms with Crippen molar-refractivity contribution in [3.63, 3.8) is 0 Å². The highest BCUT2D eigenvalue weighted by Gasteiger charge is 2.19. The minimum absolute atomic E-state index is 0.0285. The van der Waals surface area contributed by atoms with Gasteiger partial charge in [0, 0.05) is 30.2 Å². The molecule has 1 atom stereocenters. The summed E-state index contributed by atoms with van der Waals surface area (Å²) in [6.07, 6.45) is 5.06. The molecule has 0 saturated heterocycles. The van der Waals surface area contributed by atoms with Crippen molar-refractivity contribution in [2.45, 2.75) is 24.7 Å². The number of carboxylic acid groups (broad SMARTS) is 1. The van der Waals surface area contributed by atoms with E-state index in [0.29, 0.717) is 23.4 Å². The number of anilines is 1. The smallest absolute Gasteiger partial charge is 0.335 e. The molecule has 1 heterocycles. The average molecular weight is 334 g/mol. The van der Waals surface area contributed by atoms with Crippen LogP contribution >= 0.6 is 0 Å². The SMILES string of the molecule is CCCCNc1cc(C(=O)O)cc(S(=O)O)c1-c1ccncc1. The monoisotopic (exact) mass is 334 g/mol. The van der Waals surface area contributed by atoms with E-state index in [-0.39, 0.29) is 10.5 Å². The van der Waals surface area contributed by atoms with E-state index in [9.17, 15) is 18.7 Å². The van der Waals surface area contributed by atoms with Crippen LogP contribution in [0.3, 0.4) is 0 Å². The molecule has 0 aliphatic rings. The van der Waals surface area contributed by atoms with E-state index in [1.54, 1.807) is 24.5 Å². The van der Waals surface area contributed by atoms with Gasteiger partial charge in [-0.05, 0) is 36.2 Å². The number of pyridine rings is 1. The van der Waals surface area contributed by atoms with Gasteiger partial charge in [-0.3, -0.25) is 4.98 Å². The van der Waals surface area contributed by atoms with Crippen LogP contribution in [-0.4, -0.2) is 31.4 Å². The highest BCUT2D eigenvalue weighted by atomic mass is 32.2. The summed E-state index contributed by atoms with van der Waals surface area (Å²) in [4.78, 5) is 15.3. The number of carbonyl (C=O) groups is 1. The van der Waals surface area contributed by atoms with Gasteiger partial charge in [0.1, 0.15) is 0 Å². The van der Waals surface area contributed by atoms with Crippen LogP contribution in [0.1, 0.15) is 30.1 Å². The lowest BCUT2D eigenvalue weighted by Gasteiger charge is -2.16. The summed E-state index contributed by atoms with van der Waals surface area (Å²) in [5.41, 5.74) is 1.73. The van der Waals surface area contributed by atoms with Gasteiger partial charge in [0.05, 0.1) is 10.5 Å². The first-order valence-corrected chi connectivity index (χ1v) is 8.31. The Morgan fingerprint density at radius 3 is 2.57 bits per heavy atom. The molecule has 0 aliphatic heterocycles. The van der Waals surface area contributed by atoms with Gasteiger partial charge in [0.15, 0.2) is 11.1 Å². The van der Waals surface area contributed by atoms with Gasteiger partial charge >= 0.3 is 5.97 Å². The Balaban J connectivity index is 2.63. The van der Waals surface area contributed by atoms with Gasteiger partial charge < -0.3 is 15.0 Å². The van der Waals surface area contributed by atoms with E-state index in [1.165, 1.54) is 12.1 Å². The van der Waals surface area contributed by atoms with Crippen LogP contribution in [0.5, 0.6) is 0 Å². The maximum absolute atomic E-state index is 11.7. The molecular weight excluding hydrogens is 316 g/mol. The molecule has 6 nitrogen and oxygen atoms in total. The van der Waals surface area contributed by atoms with Crippen LogP contribution in [-0.2, 0) is 11.1 Å². The summed E-state index contributed by atoms with van der Waals surface area (Å²) in [6.45, 7) is 2.70. The number of unbranched alkanes of at least 4 members (excludes halogenated alkanes) is 1. The van der Waals surface area contributed by atoms with Gasteiger partial charge in [-0.2, -0.15) is 0 Å². The third-order valence-electron chi connectivity index (χ3n) is 3.35. The highest BCUT2D eigenvalue weighted by molar-refractivity contribution is 7.79. The Morgan fingerprint density at radius 2 is 2.00 bits per heavy atom. The molecule has 0 amide bonds. The zero-order valence-electron chi connectivity index (χ0n) is 12.7.